The number of nitrogens with zero attached hydrogens (tertiary/aromatic N) is 1. The minimum absolute atomic E-state index is 0.450. The van der Waals surface area contributed by atoms with Crippen LogP contribution in [-0.4, -0.2) is 37.7 Å². The summed E-state index contributed by atoms with van der Waals surface area (Å²) in [6.07, 6.45) is 3.36. The number of hydrogen-bond donors (Lipinski definition) is 0. The molecule has 0 N–H and O–H groups in total. The van der Waals surface area contributed by atoms with Gasteiger partial charge in [0.2, 0.25) is 0 Å². The SMILES string of the molecule is CCCN(CCC)C1COc2c(Br)ccc(OC)c2C1. The van der Waals surface area contributed by atoms with Gasteiger partial charge in [-0.1, -0.05) is 13.8 Å². The van der Waals surface area contributed by atoms with E-state index in [1.807, 2.05) is 12.1 Å². The highest BCUT2D eigenvalue weighted by Crippen LogP contribution is 2.39. The second-order valence-electron chi connectivity index (χ2n) is 5.26. The van der Waals surface area contributed by atoms with Gasteiger partial charge in [0.05, 0.1) is 11.6 Å². The molecule has 0 fully saturated rings. The van der Waals surface area contributed by atoms with Gasteiger partial charge >= 0.3 is 0 Å². The fourth-order valence-corrected chi connectivity index (χ4v) is 3.37. The highest BCUT2D eigenvalue weighted by Gasteiger charge is 2.28. The van der Waals surface area contributed by atoms with Crippen LogP contribution in [0, 0.1) is 0 Å². The number of benzene rings is 1. The average molecular weight is 342 g/mol. The Morgan fingerprint density at radius 1 is 1.30 bits per heavy atom. The second-order valence-corrected chi connectivity index (χ2v) is 6.12. The maximum atomic E-state index is 6.01. The smallest absolute Gasteiger partial charge is 0.140 e. The topological polar surface area (TPSA) is 21.7 Å². The monoisotopic (exact) mass is 341 g/mol. The molecule has 0 amide bonds. The van der Waals surface area contributed by atoms with Crippen molar-refractivity contribution in [2.24, 2.45) is 0 Å². The first kappa shape index (κ1) is 15.6. The van der Waals surface area contributed by atoms with E-state index in [1.165, 1.54) is 18.4 Å². The summed E-state index contributed by atoms with van der Waals surface area (Å²) in [7, 11) is 1.73. The number of rotatable bonds is 6. The van der Waals surface area contributed by atoms with Gasteiger partial charge in [-0.2, -0.15) is 0 Å². The lowest BCUT2D eigenvalue weighted by molar-refractivity contribution is 0.117. The van der Waals surface area contributed by atoms with Gasteiger partial charge < -0.3 is 9.47 Å². The van der Waals surface area contributed by atoms with Gasteiger partial charge in [0.15, 0.2) is 0 Å². The molecule has 1 aliphatic rings. The summed E-state index contributed by atoms with van der Waals surface area (Å²) in [5.74, 6) is 1.88. The maximum Gasteiger partial charge on any atom is 0.140 e. The zero-order chi connectivity index (χ0) is 14.5. The van der Waals surface area contributed by atoms with Gasteiger partial charge in [0.25, 0.3) is 0 Å². The van der Waals surface area contributed by atoms with Crippen molar-refractivity contribution in [1.82, 2.24) is 4.90 Å². The van der Waals surface area contributed by atoms with Crippen molar-refractivity contribution in [3.63, 3.8) is 0 Å². The van der Waals surface area contributed by atoms with Crippen LogP contribution in [0.1, 0.15) is 32.3 Å². The molecule has 0 saturated carbocycles. The second kappa shape index (κ2) is 7.32. The van der Waals surface area contributed by atoms with Gasteiger partial charge in [0, 0.05) is 11.6 Å². The first-order valence-corrected chi connectivity index (χ1v) is 8.22. The molecule has 1 atom stereocenters. The van der Waals surface area contributed by atoms with E-state index in [0.29, 0.717) is 6.04 Å². The van der Waals surface area contributed by atoms with E-state index in [4.69, 9.17) is 9.47 Å². The van der Waals surface area contributed by atoms with Crippen molar-refractivity contribution in [1.29, 1.82) is 0 Å². The zero-order valence-corrected chi connectivity index (χ0v) is 14.2. The third-order valence-corrected chi connectivity index (χ3v) is 4.41. The molecular weight excluding hydrogens is 318 g/mol. The molecule has 112 valence electrons. The van der Waals surface area contributed by atoms with Crippen LogP contribution in [0.2, 0.25) is 0 Å². The molecule has 4 heteroatoms. The number of hydrogen-bond acceptors (Lipinski definition) is 3. The lowest BCUT2D eigenvalue weighted by Gasteiger charge is -2.35. The van der Waals surface area contributed by atoms with Crippen LogP contribution in [0.4, 0.5) is 0 Å². The minimum Gasteiger partial charge on any atom is -0.496 e. The summed E-state index contributed by atoms with van der Waals surface area (Å²) >= 11 is 3.57. The Morgan fingerprint density at radius 2 is 2.00 bits per heavy atom. The van der Waals surface area contributed by atoms with Crippen LogP contribution in [-0.2, 0) is 6.42 Å². The molecule has 1 unspecified atom stereocenters. The van der Waals surface area contributed by atoms with E-state index in [1.54, 1.807) is 7.11 Å². The quantitative estimate of drug-likeness (QED) is 0.783. The molecule has 1 aromatic rings. The van der Waals surface area contributed by atoms with Crippen LogP contribution in [0.5, 0.6) is 11.5 Å². The summed E-state index contributed by atoms with van der Waals surface area (Å²) < 4.78 is 12.5. The van der Waals surface area contributed by atoms with Crippen molar-refractivity contribution >= 4 is 15.9 Å². The van der Waals surface area contributed by atoms with Crippen molar-refractivity contribution < 1.29 is 9.47 Å². The van der Waals surface area contributed by atoms with E-state index >= 15 is 0 Å². The summed E-state index contributed by atoms with van der Waals surface area (Å²) in [6.45, 7) is 7.49. The molecule has 0 aliphatic carbocycles. The molecule has 20 heavy (non-hydrogen) atoms. The fraction of sp³-hybridized carbons (Fsp3) is 0.625. The third kappa shape index (κ3) is 3.29. The Balaban J connectivity index is 2.22. The standard InChI is InChI=1S/C16H24BrNO2/c1-4-8-18(9-5-2)12-10-13-15(19-3)7-6-14(17)16(13)20-11-12/h6-7,12H,4-5,8-11H2,1-3H3. The van der Waals surface area contributed by atoms with E-state index in [0.717, 1.165) is 42.1 Å². The van der Waals surface area contributed by atoms with Crippen LogP contribution in [0.25, 0.3) is 0 Å². The summed E-state index contributed by atoms with van der Waals surface area (Å²) in [6, 6.07) is 4.46. The van der Waals surface area contributed by atoms with Crippen LogP contribution in [0.3, 0.4) is 0 Å². The van der Waals surface area contributed by atoms with Gasteiger partial charge in [0.1, 0.15) is 18.1 Å². The van der Waals surface area contributed by atoms with Crippen LogP contribution < -0.4 is 9.47 Å². The van der Waals surface area contributed by atoms with Crippen molar-refractivity contribution in [3.8, 4) is 11.5 Å². The van der Waals surface area contributed by atoms with Crippen molar-refractivity contribution in [2.45, 2.75) is 39.2 Å². The van der Waals surface area contributed by atoms with Gasteiger partial charge in [-0.15, -0.1) is 0 Å². The Hall–Kier alpha value is -0.740. The zero-order valence-electron chi connectivity index (χ0n) is 12.6. The molecular formula is C16H24BrNO2. The largest absolute Gasteiger partial charge is 0.496 e. The number of fused-ring (bicyclic) bond motifs is 1. The highest BCUT2D eigenvalue weighted by molar-refractivity contribution is 9.10. The minimum atomic E-state index is 0.450. The van der Waals surface area contributed by atoms with Crippen molar-refractivity contribution in [3.05, 3.63) is 22.2 Å². The lowest BCUT2D eigenvalue weighted by Crippen LogP contribution is -2.44. The Labute approximate surface area is 130 Å². The van der Waals surface area contributed by atoms with Crippen molar-refractivity contribution in [2.75, 3.05) is 26.8 Å². The summed E-state index contributed by atoms with van der Waals surface area (Å²) in [5.41, 5.74) is 1.19. The fourth-order valence-electron chi connectivity index (χ4n) is 2.88. The average Bonchev–Trinajstić information content (AvgIpc) is 2.47. The van der Waals surface area contributed by atoms with E-state index in [2.05, 4.69) is 34.7 Å². The summed E-state index contributed by atoms with van der Waals surface area (Å²) in [4.78, 5) is 2.54. The number of ether oxygens (including phenoxy) is 2. The molecule has 0 saturated heterocycles. The Kier molecular flexibility index (Phi) is 5.73. The molecule has 1 heterocycles. The molecule has 0 bridgehead atoms. The van der Waals surface area contributed by atoms with Gasteiger partial charge in [-0.3, -0.25) is 4.90 Å². The molecule has 0 spiro atoms. The highest BCUT2D eigenvalue weighted by atomic mass is 79.9. The van der Waals surface area contributed by atoms with E-state index in [9.17, 15) is 0 Å². The van der Waals surface area contributed by atoms with Crippen LogP contribution in [0.15, 0.2) is 16.6 Å². The molecule has 3 nitrogen and oxygen atoms in total. The maximum absolute atomic E-state index is 6.01. The molecule has 1 aliphatic heterocycles. The predicted octanol–water partition coefficient (Wildman–Crippen LogP) is 3.88. The summed E-state index contributed by atoms with van der Waals surface area (Å²) in [5, 5.41) is 0. The molecule has 1 aromatic carbocycles. The predicted molar refractivity (Wildman–Crippen MR) is 85.8 cm³/mol. The molecule has 0 aromatic heterocycles. The third-order valence-electron chi connectivity index (χ3n) is 3.79. The van der Waals surface area contributed by atoms with Gasteiger partial charge in [-0.25, -0.2) is 0 Å². The number of methoxy groups -OCH3 is 1. The first-order valence-electron chi connectivity index (χ1n) is 7.43. The Morgan fingerprint density at radius 3 is 2.60 bits per heavy atom. The number of halogens is 1. The molecule has 2 rings (SSSR count). The van der Waals surface area contributed by atoms with Gasteiger partial charge in [-0.05, 0) is 60.4 Å². The Bertz CT molecular complexity index is 444. The molecule has 0 radical (unpaired) electrons. The van der Waals surface area contributed by atoms with Crippen LogP contribution >= 0.6 is 15.9 Å². The first-order chi connectivity index (χ1) is 9.71. The normalized spacial score (nSPS) is 17.8. The van der Waals surface area contributed by atoms with E-state index in [-0.39, 0.29) is 0 Å². The lowest BCUT2D eigenvalue weighted by atomic mass is 10.00. The van der Waals surface area contributed by atoms with E-state index < -0.39 is 0 Å².